The second kappa shape index (κ2) is 7.60. The van der Waals surface area contributed by atoms with Crippen molar-refractivity contribution >= 4 is 0 Å². The molecule has 1 aliphatic carbocycles. The molecule has 1 radical (unpaired) electrons. The van der Waals surface area contributed by atoms with Gasteiger partial charge in [-0.1, -0.05) is 48.6 Å². The number of hydrogen-bond acceptors (Lipinski definition) is 0. The Morgan fingerprint density at radius 1 is 0.538 bits per heavy atom. The second-order valence-electron chi connectivity index (χ2n) is 3.04. The van der Waals surface area contributed by atoms with E-state index < -0.39 is 0 Å². The molecule has 0 bridgehead atoms. The highest BCUT2D eigenvalue weighted by Gasteiger charge is 1.79. The Morgan fingerprint density at radius 3 is 2.08 bits per heavy atom. The summed E-state index contributed by atoms with van der Waals surface area (Å²) in [5.74, 6) is 0. The lowest BCUT2D eigenvalue weighted by Crippen LogP contribution is -1.65. The molecule has 0 saturated carbocycles. The zero-order valence-electron chi connectivity index (χ0n) is 8.02. The van der Waals surface area contributed by atoms with Gasteiger partial charge >= 0.3 is 0 Å². The molecule has 0 aliphatic heterocycles. The Balaban J connectivity index is 2.38. The quantitative estimate of drug-likeness (QED) is 0.486. The molecule has 13 heavy (non-hydrogen) atoms. The van der Waals surface area contributed by atoms with Crippen molar-refractivity contribution in [3.05, 3.63) is 55.0 Å². The molecule has 0 saturated heterocycles. The van der Waals surface area contributed by atoms with Crippen molar-refractivity contribution in [3.8, 4) is 0 Å². The fourth-order valence-electron chi connectivity index (χ4n) is 1.15. The Morgan fingerprint density at radius 2 is 1.15 bits per heavy atom. The van der Waals surface area contributed by atoms with Crippen molar-refractivity contribution in [1.82, 2.24) is 0 Å². The molecule has 0 heteroatoms. The van der Waals surface area contributed by atoms with Crippen LogP contribution < -0.4 is 0 Å². The highest BCUT2D eigenvalue weighted by Crippen LogP contribution is 1.99. The number of hydrogen-bond donors (Lipinski definition) is 0. The van der Waals surface area contributed by atoms with Gasteiger partial charge in [0.05, 0.1) is 0 Å². The molecule has 0 atom stereocenters. The van der Waals surface area contributed by atoms with Crippen molar-refractivity contribution in [2.45, 2.75) is 25.7 Å². The maximum Gasteiger partial charge on any atom is 0.00442 e. The zero-order valence-corrected chi connectivity index (χ0v) is 8.02. The highest BCUT2D eigenvalue weighted by atomic mass is 13.9. The predicted molar refractivity (Wildman–Crippen MR) is 59.3 cm³/mol. The third-order valence-corrected chi connectivity index (χ3v) is 1.87. The molecule has 0 spiro atoms. The van der Waals surface area contributed by atoms with Crippen LogP contribution in [0.1, 0.15) is 25.7 Å². The van der Waals surface area contributed by atoms with Crippen LogP contribution in [0.2, 0.25) is 0 Å². The SMILES string of the molecule is [CH]1/C=C/C/C=C/C/C=C/CC/C=C/1. The van der Waals surface area contributed by atoms with Gasteiger partial charge in [-0.25, -0.2) is 0 Å². The first kappa shape index (κ1) is 10.0. The summed E-state index contributed by atoms with van der Waals surface area (Å²) in [5, 5.41) is 0. The predicted octanol–water partition coefficient (Wildman–Crippen LogP) is 3.99. The van der Waals surface area contributed by atoms with Gasteiger partial charge in [-0.2, -0.15) is 0 Å². The second-order valence-corrected chi connectivity index (χ2v) is 3.04. The Bertz CT molecular complexity index is 192. The fraction of sp³-hybridized carbons (Fsp3) is 0.308. The van der Waals surface area contributed by atoms with E-state index in [2.05, 4.69) is 55.0 Å². The lowest BCUT2D eigenvalue weighted by molar-refractivity contribution is 1.04. The summed E-state index contributed by atoms with van der Waals surface area (Å²) in [6, 6.07) is 0. The van der Waals surface area contributed by atoms with Crippen molar-refractivity contribution in [2.24, 2.45) is 0 Å². The van der Waals surface area contributed by atoms with Crippen LogP contribution in [-0.2, 0) is 0 Å². The molecule has 0 aromatic heterocycles. The van der Waals surface area contributed by atoms with Gasteiger partial charge in [0.15, 0.2) is 0 Å². The molecule has 0 nitrogen and oxygen atoms in total. The van der Waals surface area contributed by atoms with Crippen molar-refractivity contribution < 1.29 is 0 Å². The molecule has 0 fully saturated rings. The smallest absolute Gasteiger partial charge is 0.00442 e. The van der Waals surface area contributed by atoms with E-state index in [1.807, 2.05) is 0 Å². The van der Waals surface area contributed by atoms with Gasteiger partial charge in [-0.3, -0.25) is 0 Å². The molecular weight excluding hydrogens is 156 g/mol. The molecule has 0 unspecified atom stereocenters. The third-order valence-electron chi connectivity index (χ3n) is 1.87. The average molecular weight is 173 g/mol. The molecular formula is C13H17. The first-order valence-corrected chi connectivity index (χ1v) is 4.95. The molecule has 0 heterocycles. The molecule has 69 valence electrons. The van der Waals surface area contributed by atoms with Gasteiger partial charge in [0.25, 0.3) is 0 Å². The summed E-state index contributed by atoms with van der Waals surface area (Å²) >= 11 is 0. The maximum atomic E-state index is 2.25. The van der Waals surface area contributed by atoms with E-state index in [9.17, 15) is 0 Å². The monoisotopic (exact) mass is 173 g/mol. The topological polar surface area (TPSA) is 0 Å². The first-order chi connectivity index (χ1) is 6.50. The summed E-state index contributed by atoms with van der Waals surface area (Å²) in [7, 11) is 0. The average Bonchev–Trinajstić information content (AvgIpc) is 2.18. The summed E-state index contributed by atoms with van der Waals surface area (Å²) in [6.07, 6.45) is 24.0. The summed E-state index contributed by atoms with van der Waals surface area (Å²) in [5.41, 5.74) is 0. The van der Waals surface area contributed by atoms with E-state index in [0.717, 1.165) is 25.7 Å². The minimum absolute atomic E-state index is 1.04. The van der Waals surface area contributed by atoms with Crippen LogP contribution in [0.5, 0.6) is 0 Å². The van der Waals surface area contributed by atoms with Gasteiger partial charge in [0.2, 0.25) is 0 Å². The van der Waals surface area contributed by atoms with Crippen molar-refractivity contribution in [2.75, 3.05) is 0 Å². The zero-order chi connectivity index (χ0) is 9.19. The molecule has 1 aliphatic rings. The van der Waals surface area contributed by atoms with Gasteiger partial charge < -0.3 is 0 Å². The van der Waals surface area contributed by atoms with E-state index in [1.54, 1.807) is 0 Å². The third kappa shape index (κ3) is 6.15. The van der Waals surface area contributed by atoms with Crippen LogP contribution in [0.4, 0.5) is 0 Å². The van der Waals surface area contributed by atoms with Crippen LogP contribution in [0, 0.1) is 6.42 Å². The molecule has 0 amide bonds. The molecule has 0 aromatic rings. The summed E-state index contributed by atoms with van der Waals surface area (Å²) < 4.78 is 0. The van der Waals surface area contributed by atoms with Gasteiger partial charge in [-0.15, -0.1) is 0 Å². The minimum atomic E-state index is 1.04. The van der Waals surface area contributed by atoms with Crippen LogP contribution in [0.3, 0.4) is 0 Å². The van der Waals surface area contributed by atoms with Crippen LogP contribution in [0.15, 0.2) is 48.6 Å². The van der Waals surface area contributed by atoms with Crippen molar-refractivity contribution in [1.29, 1.82) is 0 Å². The van der Waals surface area contributed by atoms with Gasteiger partial charge in [0, 0.05) is 6.42 Å². The van der Waals surface area contributed by atoms with Crippen LogP contribution in [-0.4, -0.2) is 0 Å². The van der Waals surface area contributed by atoms with E-state index in [0.29, 0.717) is 0 Å². The standard InChI is InChI=1S/C13H17/c1-2-4-6-8-10-12-13-11-9-7-5-3-1/h1-5,8,10-11,13H,6-7,9,12H2/b4-2+,5-3+,10-8+,13-11+. The lowest BCUT2D eigenvalue weighted by atomic mass is 10.2. The Hall–Kier alpha value is -1.04. The number of allylic oxidation sites excluding steroid dienone is 8. The normalized spacial score (nSPS) is 28.9. The minimum Gasteiger partial charge on any atom is -0.0879 e. The van der Waals surface area contributed by atoms with Crippen LogP contribution >= 0.6 is 0 Å². The summed E-state index contributed by atoms with van der Waals surface area (Å²) in [4.78, 5) is 0. The van der Waals surface area contributed by atoms with Gasteiger partial charge in [-0.05, 0) is 25.7 Å². The first-order valence-electron chi connectivity index (χ1n) is 4.95. The van der Waals surface area contributed by atoms with Crippen LogP contribution in [0.25, 0.3) is 0 Å². The largest absolute Gasteiger partial charge is 0.0879 e. The molecule has 0 aromatic carbocycles. The van der Waals surface area contributed by atoms with Crippen molar-refractivity contribution in [3.63, 3.8) is 0 Å². The van der Waals surface area contributed by atoms with E-state index in [4.69, 9.17) is 0 Å². The van der Waals surface area contributed by atoms with E-state index in [-0.39, 0.29) is 0 Å². The molecule has 0 N–H and O–H groups in total. The number of rotatable bonds is 0. The summed E-state index contributed by atoms with van der Waals surface area (Å²) in [6.45, 7) is 0. The molecule has 1 rings (SSSR count). The lowest BCUT2D eigenvalue weighted by Gasteiger charge is -1.85. The van der Waals surface area contributed by atoms with E-state index >= 15 is 0 Å². The fourth-order valence-corrected chi connectivity index (χ4v) is 1.15. The maximum absolute atomic E-state index is 2.25. The van der Waals surface area contributed by atoms with E-state index in [1.165, 1.54) is 0 Å². The van der Waals surface area contributed by atoms with Gasteiger partial charge in [0.1, 0.15) is 0 Å². The Labute approximate surface area is 81.4 Å². The Kier molecular flexibility index (Phi) is 5.87. The highest BCUT2D eigenvalue weighted by molar-refractivity contribution is 5.10.